The highest BCUT2D eigenvalue weighted by Gasteiger charge is 2.24. The lowest BCUT2D eigenvalue weighted by atomic mass is 10.1. The van der Waals surface area contributed by atoms with E-state index in [9.17, 15) is 14.7 Å². The fourth-order valence-electron chi connectivity index (χ4n) is 3.12. The van der Waals surface area contributed by atoms with Crippen molar-refractivity contribution in [1.29, 1.82) is 0 Å². The number of hydrogen-bond donors (Lipinski definition) is 1. The van der Waals surface area contributed by atoms with Crippen LogP contribution in [0.5, 0.6) is 0 Å². The van der Waals surface area contributed by atoms with Gasteiger partial charge >= 0.3 is 5.97 Å². The summed E-state index contributed by atoms with van der Waals surface area (Å²) in [6.45, 7) is 3.93. The molecule has 0 radical (unpaired) electrons. The minimum atomic E-state index is -1.02. The first-order chi connectivity index (χ1) is 13.1. The van der Waals surface area contributed by atoms with Crippen LogP contribution in [0.1, 0.15) is 46.2 Å². The number of likely N-dealkylation sites (N-methyl/N-ethyl adjacent to an activating group) is 1. The standard InChI is InChI=1S/C20H23NO5S/c1-2-21(12-14-6-5-10-25-14)19(22)16-7-3-4-8-18(16)27-13-17-15(20(23)24)9-11-26-17/h3-4,7-9,11,14H,2,5-6,10,12-13H2,1H3,(H,23,24). The molecule has 2 aromatic rings. The van der Waals surface area contributed by atoms with Gasteiger partial charge in [0.1, 0.15) is 11.3 Å². The zero-order chi connectivity index (χ0) is 19.2. The summed E-state index contributed by atoms with van der Waals surface area (Å²) in [5.41, 5.74) is 0.769. The molecule has 1 N–H and O–H groups in total. The third-order valence-electron chi connectivity index (χ3n) is 4.57. The van der Waals surface area contributed by atoms with Crippen LogP contribution in [0.15, 0.2) is 45.9 Å². The molecule has 0 spiro atoms. The molecule has 1 amide bonds. The number of rotatable bonds is 8. The third-order valence-corrected chi connectivity index (χ3v) is 5.64. The van der Waals surface area contributed by atoms with Crippen LogP contribution in [0.2, 0.25) is 0 Å². The predicted octanol–water partition coefficient (Wildman–Crippen LogP) is 3.91. The predicted molar refractivity (Wildman–Crippen MR) is 102 cm³/mol. The first-order valence-electron chi connectivity index (χ1n) is 9.02. The molecule has 2 heterocycles. The first kappa shape index (κ1) is 19.5. The molecular weight excluding hydrogens is 366 g/mol. The molecular formula is C20H23NO5S. The number of amides is 1. The molecule has 1 aliphatic rings. The van der Waals surface area contributed by atoms with Gasteiger partial charge in [0.25, 0.3) is 5.91 Å². The maximum atomic E-state index is 13.1. The molecule has 1 aromatic heterocycles. The van der Waals surface area contributed by atoms with Gasteiger partial charge in [-0.2, -0.15) is 0 Å². The summed E-state index contributed by atoms with van der Waals surface area (Å²) in [5.74, 6) is -0.315. The molecule has 1 saturated heterocycles. The molecule has 6 nitrogen and oxygen atoms in total. The van der Waals surface area contributed by atoms with Crippen LogP contribution in [-0.4, -0.2) is 47.7 Å². The summed E-state index contributed by atoms with van der Waals surface area (Å²) in [5, 5.41) is 9.19. The van der Waals surface area contributed by atoms with Gasteiger partial charge in [0.15, 0.2) is 0 Å². The summed E-state index contributed by atoms with van der Waals surface area (Å²) in [4.78, 5) is 26.9. The quantitative estimate of drug-likeness (QED) is 0.690. The second kappa shape index (κ2) is 9.10. The Morgan fingerprint density at radius 1 is 1.26 bits per heavy atom. The van der Waals surface area contributed by atoms with Crippen molar-refractivity contribution in [3.63, 3.8) is 0 Å². The Morgan fingerprint density at radius 2 is 2.07 bits per heavy atom. The topological polar surface area (TPSA) is 80.0 Å². The molecule has 144 valence electrons. The van der Waals surface area contributed by atoms with Crippen molar-refractivity contribution in [1.82, 2.24) is 4.90 Å². The van der Waals surface area contributed by atoms with Crippen LogP contribution in [0, 0.1) is 0 Å². The van der Waals surface area contributed by atoms with Crippen molar-refractivity contribution in [3.05, 3.63) is 53.5 Å². The van der Waals surface area contributed by atoms with Gasteiger partial charge in [0.2, 0.25) is 0 Å². The second-order valence-electron chi connectivity index (χ2n) is 6.33. The van der Waals surface area contributed by atoms with Gasteiger partial charge < -0.3 is 19.2 Å². The van der Waals surface area contributed by atoms with E-state index in [0.717, 1.165) is 24.3 Å². The fraction of sp³-hybridized carbons (Fsp3) is 0.400. The SMILES string of the molecule is CCN(CC1CCCO1)C(=O)c1ccccc1SCc1occc1C(=O)O. The van der Waals surface area contributed by atoms with E-state index >= 15 is 0 Å². The number of furan rings is 1. The third kappa shape index (κ3) is 4.73. The number of thioether (sulfide) groups is 1. The number of carboxylic acid groups (broad SMARTS) is 1. The Kier molecular flexibility index (Phi) is 6.58. The van der Waals surface area contributed by atoms with Crippen molar-refractivity contribution in [2.75, 3.05) is 19.7 Å². The van der Waals surface area contributed by atoms with E-state index in [-0.39, 0.29) is 17.6 Å². The minimum absolute atomic E-state index is 0.0333. The Morgan fingerprint density at radius 3 is 2.78 bits per heavy atom. The highest BCUT2D eigenvalue weighted by Crippen LogP contribution is 2.29. The largest absolute Gasteiger partial charge is 0.478 e. The number of hydrogen-bond acceptors (Lipinski definition) is 5. The van der Waals surface area contributed by atoms with Crippen LogP contribution < -0.4 is 0 Å². The number of benzene rings is 1. The molecule has 1 unspecified atom stereocenters. The Hall–Kier alpha value is -2.25. The van der Waals surface area contributed by atoms with E-state index in [0.29, 0.717) is 30.2 Å². The summed E-state index contributed by atoms with van der Waals surface area (Å²) in [6.07, 6.45) is 3.50. The second-order valence-corrected chi connectivity index (χ2v) is 7.34. The summed E-state index contributed by atoms with van der Waals surface area (Å²) >= 11 is 1.40. The number of carbonyl (C=O) groups is 2. The number of carbonyl (C=O) groups excluding carboxylic acids is 1. The Bertz CT molecular complexity index is 797. The first-order valence-corrected chi connectivity index (χ1v) is 10.0. The molecule has 0 saturated carbocycles. The molecule has 27 heavy (non-hydrogen) atoms. The summed E-state index contributed by atoms with van der Waals surface area (Å²) < 4.78 is 11.0. The average Bonchev–Trinajstić information content (AvgIpc) is 3.35. The van der Waals surface area contributed by atoms with Gasteiger partial charge in [-0.3, -0.25) is 4.79 Å². The molecule has 0 aliphatic carbocycles. The average molecular weight is 389 g/mol. The summed E-state index contributed by atoms with van der Waals surface area (Å²) in [7, 11) is 0. The number of ether oxygens (including phenoxy) is 1. The maximum absolute atomic E-state index is 13.1. The fourth-order valence-corrected chi connectivity index (χ4v) is 4.11. The van der Waals surface area contributed by atoms with Crippen molar-refractivity contribution < 1.29 is 23.8 Å². The van der Waals surface area contributed by atoms with Crippen molar-refractivity contribution in [2.45, 2.75) is 36.5 Å². The molecule has 7 heteroatoms. The van der Waals surface area contributed by atoms with Gasteiger partial charge in [-0.25, -0.2) is 4.79 Å². The van der Waals surface area contributed by atoms with E-state index in [2.05, 4.69) is 0 Å². The van der Waals surface area contributed by atoms with Crippen molar-refractivity contribution in [2.24, 2.45) is 0 Å². The normalized spacial score (nSPS) is 16.4. The van der Waals surface area contributed by atoms with Gasteiger partial charge in [-0.15, -0.1) is 11.8 Å². The smallest absolute Gasteiger partial charge is 0.339 e. The molecule has 1 aromatic carbocycles. The minimum Gasteiger partial charge on any atom is -0.478 e. The molecule has 3 rings (SSSR count). The zero-order valence-corrected chi connectivity index (χ0v) is 16.0. The zero-order valence-electron chi connectivity index (χ0n) is 15.2. The Labute approximate surface area is 162 Å². The van der Waals surface area contributed by atoms with E-state index in [1.165, 1.54) is 24.1 Å². The number of nitrogens with zero attached hydrogens (tertiary/aromatic N) is 1. The lowest BCUT2D eigenvalue weighted by Gasteiger charge is -2.25. The van der Waals surface area contributed by atoms with Crippen molar-refractivity contribution >= 4 is 23.6 Å². The lowest BCUT2D eigenvalue weighted by Crippen LogP contribution is -2.37. The lowest BCUT2D eigenvalue weighted by molar-refractivity contribution is 0.0536. The molecule has 1 aliphatic heterocycles. The van der Waals surface area contributed by atoms with Crippen LogP contribution in [-0.2, 0) is 10.5 Å². The number of carboxylic acids is 1. The van der Waals surface area contributed by atoms with E-state index in [4.69, 9.17) is 9.15 Å². The molecule has 1 fully saturated rings. The van der Waals surface area contributed by atoms with Gasteiger partial charge in [-0.1, -0.05) is 12.1 Å². The highest BCUT2D eigenvalue weighted by molar-refractivity contribution is 7.98. The Balaban J connectivity index is 1.73. The van der Waals surface area contributed by atoms with Crippen molar-refractivity contribution in [3.8, 4) is 0 Å². The van der Waals surface area contributed by atoms with Crippen LogP contribution in [0.25, 0.3) is 0 Å². The van der Waals surface area contributed by atoms with E-state index in [1.807, 2.05) is 36.1 Å². The molecule has 0 bridgehead atoms. The molecule has 1 atom stereocenters. The van der Waals surface area contributed by atoms with Gasteiger partial charge in [-0.05, 0) is 38.0 Å². The summed E-state index contributed by atoms with van der Waals surface area (Å²) in [6, 6.07) is 8.84. The van der Waals surface area contributed by atoms with Crippen LogP contribution in [0.3, 0.4) is 0 Å². The van der Waals surface area contributed by atoms with E-state index < -0.39 is 5.97 Å². The van der Waals surface area contributed by atoms with Crippen LogP contribution in [0.4, 0.5) is 0 Å². The van der Waals surface area contributed by atoms with Gasteiger partial charge in [0, 0.05) is 24.6 Å². The van der Waals surface area contributed by atoms with Gasteiger partial charge in [0.05, 0.1) is 23.7 Å². The maximum Gasteiger partial charge on any atom is 0.339 e. The van der Waals surface area contributed by atoms with Crippen LogP contribution >= 0.6 is 11.8 Å². The number of aromatic carboxylic acids is 1. The monoisotopic (exact) mass is 389 g/mol. The highest BCUT2D eigenvalue weighted by atomic mass is 32.2. The van der Waals surface area contributed by atoms with E-state index in [1.54, 1.807) is 0 Å².